The SMILES string of the molecule is C.CC1(C)c2ccccc2-c2ccc(N(c3ccc(-c4ccccc4)cc3)c3ccc(-c4cccc5c4oc4c6c(ccc45)C4(c5ccccc5-c5ccccc54)c4ccccc4-6)cc3)cc21.[HH]. The number of hydrogen-bond acceptors (Lipinski definition) is 2. The fourth-order valence-electron chi connectivity index (χ4n) is 12.2. The van der Waals surface area contributed by atoms with Gasteiger partial charge in [0.1, 0.15) is 11.2 Å². The standard InChI is InChI=1S/C64H43NO.CH4.H2/c1-63(2)54-23-10-6-17-47(54)50-36-35-45(39-59(50)63)65(43-31-27-41(28-32-43)40-15-4-3-5-16-40)44-33-29-42(30-34-44)46-21-14-22-51-52-37-38-58-60(62(52)66-61(46)51)53-20-9-13-26-57(53)64(58)55-24-11-7-18-48(55)49-19-8-12-25-56(49)64;;/h3-39H,1-2H3;1H4;1H. The summed E-state index contributed by atoms with van der Waals surface area (Å²) in [5.41, 5.74) is 24.9. The number of para-hydroxylation sites is 1. The molecular weight excluding hydrogens is 811 g/mol. The summed E-state index contributed by atoms with van der Waals surface area (Å²) in [5.74, 6) is 0. The van der Waals surface area contributed by atoms with Crippen molar-refractivity contribution < 1.29 is 5.84 Å². The number of fused-ring (bicyclic) bond motifs is 17. The van der Waals surface area contributed by atoms with Gasteiger partial charge in [0.15, 0.2) is 0 Å². The highest BCUT2D eigenvalue weighted by atomic mass is 16.3. The lowest BCUT2D eigenvalue weighted by atomic mass is 9.70. The molecule has 320 valence electrons. The molecule has 0 atom stereocenters. The molecule has 11 aromatic rings. The van der Waals surface area contributed by atoms with E-state index in [1.165, 1.54) is 77.9 Å². The van der Waals surface area contributed by atoms with E-state index in [4.69, 9.17) is 4.42 Å². The fourth-order valence-corrected chi connectivity index (χ4v) is 12.2. The third-order valence-corrected chi connectivity index (χ3v) is 15.1. The van der Waals surface area contributed by atoms with Gasteiger partial charge in [-0.15, -0.1) is 0 Å². The normalized spacial score (nSPS) is 13.9. The molecule has 3 aliphatic rings. The first-order chi connectivity index (χ1) is 32.5. The Morgan fingerprint density at radius 1 is 0.343 bits per heavy atom. The minimum Gasteiger partial charge on any atom is -0.455 e. The molecule has 2 nitrogen and oxygen atoms in total. The van der Waals surface area contributed by atoms with Gasteiger partial charge in [-0.2, -0.15) is 0 Å². The molecule has 0 N–H and O–H groups in total. The third kappa shape index (κ3) is 5.33. The first-order valence-electron chi connectivity index (χ1n) is 23.1. The minimum absolute atomic E-state index is 0. The lowest BCUT2D eigenvalue weighted by Crippen LogP contribution is -2.25. The van der Waals surface area contributed by atoms with E-state index in [9.17, 15) is 0 Å². The van der Waals surface area contributed by atoms with E-state index in [0.29, 0.717) is 0 Å². The number of anilines is 3. The van der Waals surface area contributed by atoms with Gasteiger partial charge in [-0.05, 0) is 114 Å². The van der Waals surface area contributed by atoms with Gasteiger partial charge in [-0.1, -0.05) is 209 Å². The average Bonchev–Trinajstić information content (AvgIpc) is 4.07. The maximum atomic E-state index is 7.26. The minimum atomic E-state index is -0.419. The molecule has 2 heteroatoms. The first-order valence-corrected chi connectivity index (χ1v) is 23.1. The molecule has 0 fully saturated rings. The Hall–Kier alpha value is -8.20. The Morgan fingerprint density at radius 2 is 0.821 bits per heavy atom. The van der Waals surface area contributed by atoms with Crippen LogP contribution in [0.3, 0.4) is 0 Å². The summed E-state index contributed by atoms with van der Waals surface area (Å²) in [6.45, 7) is 4.71. The fraction of sp³-hybridized carbons (Fsp3) is 0.0769. The van der Waals surface area contributed by atoms with E-state index in [0.717, 1.165) is 50.1 Å². The molecule has 3 aliphatic carbocycles. The maximum Gasteiger partial charge on any atom is 0.143 e. The van der Waals surface area contributed by atoms with Crippen molar-refractivity contribution in [3.05, 3.63) is 258 Å². The van der Waals surface area contributed by atoms with Crippen LogP contribution in [-0.2, 0) is 10.8 Å². The zero-order valence-electron chi connectivity index (χ0n) is 36.7. The van der Waals surface area contributed by atoms with Crippen LogP contribution in [0.25, 0.3) is 77.6 Å². The van der Waals surface area contributed by atoms with Crippen molar-refractivity contribution >= 4 is 39.0 Å². The molecule has 14 rings (SSSR count). The summed E-state index contributed by atoms with van der Waals surface area (Å²) >= 11 is 0. The molecule has 0 radical (unpaired) electrons. The quantitative estimate of drug-likeness (QED) is 0.171. The predicted octanol–water partition coefficient (Wildman–Crippen LogP) is 17.9. The lowest BCUT2D eigenvalue weighted by Gasteiger charge is -2.30. The molecule has 0 aliphatic heterocycles. The second kappa shape index (κ2) is 14.4. The molecule has 1 aromatic heterocycles. The smallest absolute Gasteiger partial charge is 0.143 e. The Bertz CT molecular complexity index is 3740. The monoisotopic (exact) mass is 859 g/mol. The summed E-state index contributed by atoms with van der Waals surface area (Å²) in [4.78, 5) is 2.40. The van der Waals surface area contributed by atoms with Crippen molar-refractivity contribution in [2.75, 3.05) is 4.90 Å². The third-order valence-electron chi connectivity index (χ3n) is 15.1. The molecule has 0 bridgehead atoms. The zero-order chi connectivity index (χ0) is 43.7. The molecule has 1 heterocycles. The van der Waals surface area contributed by atoms with E-state index in [1.807, 2.05) is 0 Å². The van der Waals surface area contributed by atoms with Crippen LogP contribution in [0, 0.1) is 0 Å². The zero-order valence-corrected chi connectivity index (χ0v) is 36.7. The van der Waals surface area contributed by atoms with Crippen LogP contribution in [0.1, 0.15) is 56.1 Å². The van der Waals surface area contributed by atoms with Gasteiger partial charge < -0.3 is 9.32 Å². The topological polar surface area (TPSA) is 16.4 Å². The predicted molar refractivity (Wildman–Crippen MR) is 282 cm³/mol. The highest BCUT2D eigenvalue weighted by molar-refractivity contribution is 6.15. The van der Waals surface area contributed by atoms with Crippen molar-refractivity contribution in [2.45, 2.75) is 32.1 Å². The molecule has 67 heavy (non-hydrogen) atoms. The summed E-state index contributed by atoms with van der Waals surface area (Å²) in [5, 5.41) is 2.27. The lowest BCUT2D eigenvalue weighted by molar-refractivity contribution is 0.660. The average molecular weight is 860 g/mol. The summed E-state index contributed by atoms with van der Waals surface area (Å²) in [6.07, 6.45) is 0. The second-order valence-electron chi connectivity index (χ2n) is 18.7. The van der Waals surface area contributed by atoms with Gasteiger partial charge in [0.2, 0.25) is 0 Å². The number of benzene rings is 10. The van der Waals surface area contributed by atoms with Gasteiger partial charge in [0.05, 0.1) is 5.41 Å². The van der Waals surface area contributed by atoms with Gasteiger partial charge in [0, 0.05) is 45.8 Å². The van der Waals surface area contributed by atoms with Crippen LogP contribution >= 0.6 is 0 Å². The van der Waals surface area contributed by atoms with E-state index < -0.39 is 5.41 Å². The molecule has 0 amide bonds. The Kier molecular flexibility index (Phi) is 8.42. The van der Waals surface area contributed by atoms with Gasteiger partial charge in [0.25, 0.3) is 0 Å². The van der Waals surface area contributed by atoms with E-state index in [1.54, 1.807) is 0 Å². The van der Waals surface area contributed by atoms with E-state index in [2.05, 4.69) is 243 Å². The molecule has 0 saturated carbocycles. The van der Waals surface area contributed by atoms with Crippen molar-refractivity contribution in [1.29, 1.82) is 0 Å². The molecule has 10 aromatic carbocycles. The largest absolute Gasteiger partial charge is 0.455 e. The van der Waals surface area contributed by atoms with E-state index >= 15 is 0 Å². The van der Waals surface area contributed by atoms with Crippen molar-refractivity contribution in [2.24, 2.45) is 0 Å². The Balaban J connectivity index is 0.00000240. The van der Waals surface area contributed by atoms with Crippen LogP contribution in [-0.4, -0.2) is 0 Å². The molecular formula is C65H49NO. The summed E-state index contributed by atoms with van der Waals surface area (Å²) in [6, 6.07) is 82.8. The molecule has 0 unspecified atom stereocenters. The number of nitrogens with zero attached hydrogens (tertiary/aromatic N) is 1. The van der Waals surface area contributed by atoms with Crippen LogP contribution in [0.5, 0.6) is 0 Å². The summed E-state index contributed by atoms with van der Waals surface area (Å²) in [7, 11) is 0. The van der Waals surface area contributed by atoms with Gasteiger partial charge in [-0.3, -0.25) is 0 Å². The van der Waals surface area contributed by atoms with Crippen molar-refractivity contribution in [3.8, 4) is 55.6 Å². The Labute approximate surface area is 393 Å². The molecule has 0 saturated heterocycles. The highest BCUT2D eigenvalue weighted by Gasteiger charge is 2.52. The van der Waals surface area contributed by atoms with Crippen molar-refractivity contribution in [1.82, 2.24) is 0 Å². The summed E-state index contributed by atoms with van der Waals surface area (Å²) < 4.78 is 7.26. The van der Waals surface area contributed by atoms with Gasteiger partial charge >= 0.3 is 0 Å². The van der Waals surface area contributed by atoms with Gasteiger partial charge in [-0.25, -0.2) is 0 Å². The van der Waals surface area contributed by atoms with E-state index in [-0.39, 0.29) is 14.3 Å². The van der Waals surface area contributed by atoms with Crippen LogP contribution < -0.4 is 4.90 Å². The van der Waals surface area contributed by atoms with Crippen molar-refractivity contribution in [3.63, 3.8) is 0 Å². The molecule has 1 spiro atoms. The number of rotatable bonds is 5. The van der Waals surface area contributed by atoms with Crippen LogP contribution in [0.4, 0.5) is 17.1 Å². The Morgan fingerprint density at radius 3 is 1.48 bits per heavy atom. The first kappa shape index (κ1) is 39.2. The number of furan rings is 1. The highest BCUT2D eigenvalue weighted by Crippen LogP contribution is 2.64. The maximum absolute atomic E-state index is 7.26. The van der Waals surface area contributed by atoms with Crippen LogP contribution in [0.2, 0.25) is 0 Å². The van der Waals surface area contributed by atoms with Crippen LogP contribution in [0.15, 0.2) is 229 Å². The number of hydrogen-bond donors (Lipinski definition) is 0. The second-order valence-corrected chi connectivity index (χ2v) is 18.7.